The molecule has 1 unspecified atom stereocenters. The fourth-order valence-corrected chi connectivity index (χ4v) is 16.3. The SMILES string of the molecule is CO[Si](C)(C)C.CO[Si](C)(C)C.CO[Si](C)(C)C.CO[Si](C)(C)C.CO[Si](C)(C)O.CO[Si](C)(C)OC.CO[Si](C)(C)OC.CO[Si](C)(C)O[Si](C)(C)OC.CO[Si](C)(C)O[Si](C)(OC)O[Si](C)(OC)OC.CO[Si](C)(O)O. The van der Waals surface area contributed by atoms with Gasteiger partial charge < -0.3 is 97.5 Å². The van der Waals surface area contributed by atoms with Gasteiger partial charge in [-0.15, -0.1) is 0 Å². The lowest BCUT2D eigenvalue weighted by atomic mass is 11.8. The van der Waals surface area contributed by atoms with Gasteiger partial charge in [0.2, 0.25) is 0 Å². The molecule has 0 saturated heterocycles. The lowest BCUT2D eigenvalue weighted by Gasteiger charge is -2.36. The van der Waals surface area contributed by atoms with Crippen molar-refractivity contribution in [3.8, 4) is 0 Å². The normalized spacial score (nSPS) is 13.3. The second-order valence-corrected chi connectivity index (χ2v) is 71.2. The van der Waals surface area contributed by atoms with Gasteiger partial charge in [0.15, 0.2) is 33.3 Å². The third-order valence-electron chi connectivity index (χ3n) is 9.18. The number of hydrogen-bond donors (Lipinski definition) is 3. The summed E-state index contributed by atoms with van der Waals surface area (Å²) in [5.41, 5.74) is 0. The molecule has 35 heteroatoms. The Morgan fingerprint density at radius 2 is 0.333 bits per heavy atom. The van der Waals surface area contributed by atoms with Crippen LogP contribution >= 0.6 is 0 Å². The Morgan fingerprint density at radius 3 is 0.423 bits per heavy atom. The molecule has 0 rings (SSSR count). The summed E-state index contributed by atoms with van der Waals surface area (Å²) in [5, 5.41) is 0. The van der Waals surface area contributed by atoms with Crippen LogP contribution in [0.4, 0.5) is 0 Å². The Balaban J connectivity index is -0.0000000848. The quantitative estimate of drug-likeness (QED) is 0.0855. The van der Waals surface area contributed by atoms with Crippen LogP contribution in [0.3, 0.4) is 0 Å². The van der Waals surface area contributed by atoms with Gasteiger partial charge in [-0.3, -0.25) is 0 Å². The van der Waals surface area contributed by atoms with Crippen molar-refractivity contribution < 1.29 is 97.5 Å². The topological polar surface area (TPSA) is 236 Å². The predicted molar refractivity (Wildman–Crippen MR) is 355 cm³/mol. The lowest BCUT2D eigenvalue weighted by Crippen LogP contribution is -2.58. The largest absolute Gasteiger partial charge is 0.491 e. The molecule has 0 saturated carbocycles. The fourth-order valence-electron chi connectivity index (χ4n) is 1.94. The average molecular weight is 1370 g/mol. The minimum atomic E-state index is -3.13. The van der Waals surface area contributed by atoms with Crippen molar-refractivity contribution in [2.45, 2.75) is 177 Å². The minimum Gasteiger partial charge on any atom is -0.421 e. The Labute approximate surface area is 496 Å². The second kappa shape index (κ2) is 49.0. The van der Waals surface area contributed by atoms with E-state index < -0.39 is 111 Å². The van der Waals surface area contributed by atoms with Crippen LogP contribution in [-0.4, -0.2) is 239 Å². The van der Waals surface area contributed by atoms with Gasteiger partial charge in [0.25, 0.3) is 0 Å². The van der Waals surface area contributed by atoms with Gasteiger partial charge in [0.1, 0.15) is 0 Å². The fraction of sp³-hybridized carbons (Fsp3) is 1.00. The molecule has 0 aliphatic rings. The summed E-state index contributed by atoms with van der Waals surface area (Å²) in [6.45, 7) is 54.1. The summed E-state index contributed by atoms with van der Waals surface area (Å²) >= 11 is 0. The van der Waals surface area contributed by atoms with E-state index in [1.807, 2.05) is 72.0 Å². The molecule has 0 aliphatic heterocycles. The molecule has 0 aliphatic carbocycles. The highest BCUT2D eigenvalue weighted by molar-refractivity contribution is 6.81. The van der Waals surface area contributed by atoms with Crippen molar-refractivity contribution in [2.24, 2.45) is 0 Å². The summed E-state index contributed by atoms with van der Waals surface area (Å²) in [4.78, 5) is 25.3. The van der Waals surface area contributed by atoms with Crippen molar-refractivity contribution in [3.05, 3.63) is 0 Å². The molecule has 78 heavy (non-hydrogen) atoms. The van der Waals surface area contributed by atoms with E-state index in [2.05, 4.69) is 87.4 Å². The first-order valence-corrected chi connectivity index (χ1v) is 62.5. The van der Waals surface area contributed by atoms with Crippen molar-refractivity contribution in [1.82, 2.24) is 0 Å². The first kappa shape index (κ1) is 102. The number of rotatable bonds is 22. The molecule has 0 aromatic heterocycles. The van der Waals surface area contributed by atoms with Crippen LogP contribution in [-0.2, 0) is 83.2 Å². The molecule has 0 heterocycles. The van der Waals surface area contributed by atoms with Crippen LogP contribution in [0, 0.1) is 0 Å². The Kier molecular flexibility index (Phi) is 64.0. The van der Waals surface area contributed by atoms with Gasteiger partial charge in [-0.2, -0.15) is 0 Å². The molecule has 0 bridgehead atoms. The van der Waals surface area contributed by atoms with Crippen LogP contribution in [0.15, 0.2) is 0 Å². The van der Waals surface area contributed by atoms with E-state index in [4.69, 9.17) is 88.7 Å². The van der Waals surface area contributed by atoms with Gasteiger partial charge >= 0.3 is 77.8 Å². The van der Waals surface area contributed by atoms with Crippen molar-refractivity contribution in [2.75, 3.05) is 114 Å². The number of hydrogen-bond acceptors (Lipinski definition) is 22. The molecular weight excluding hydrogens is 1230 g/mol. The highest BCUT2D eigenvalue weighted by Gasteiger charge is 2.49. The maximum atomic E-state index is 8.74. The van der Waals surface area contributed by atoms with Crippen molar-refractivity contribution in [3.63, 3.8) is 0 Å². The summed E-state index contributed by atoms with van der Waals surface area (Å²) < 4.78 is 98.4. The molecule has 1 atom stereocenters. The van der Waals surface area contributed by atoms with Crippen LogP contribution in [0.25, 0.3) is 0 Å². The molecule has 0 radical (unpaired) electrons. The minimum absolute atomic E-state index is 1.13. The third-order valence-corrected chi connectivity index (χ3v) is 35.3. The Morgan fingerprint density at radius 1 is 0.179 bits per heavy atom. The molecule has 0 aromatic rings. The van der Waals surface area contributed by atoms with Crippen LogP contribution in [0.2, 0.25) is 177 Å². The van der Waals surface area contributed by atoms with Gasteiger partial charge in [-0.1, -0.05) is 0 Å². The molecule has 0 amide bonds. The van der Waals surface area contributed by atoms with E-state index in [0.29, 0.717) is 0 Å². The lowest BCUT2D eigenvalue weighted by molar-refractivity contribution is 0.105. The maximum absolute atomic E-state index is 8.74. The molecule has 0 fully saturated rings. The zero-order valence-electron chi connectivity index (χ0n) is 58.6. The van der Waals surface area contributed by atoms with E-state index in [1.165, 1.54) is 20.8 Å². The maximum Gasteiger partial charge on any atom is 0.491 e. The molecule has 488 valence electrons. The van der Waals surface area contributed by atoms with E-state index in [0.717, 1.165) is 0 Å². The van der Waals surface area contributed by atoms with Gasteiger partial charge in [-0.05, 0) is 157 Å². The monoisotopic (exact) mass is 1360 g/mol. The first-order chi connectivity index (χ1) is 34.1. The molecule has 3 N–H and O–H groups in total. The van der Waals surface area contributed by atoms with E-state index in [1.54, 1.807) is 119 Å². The Hall–Kier alpha value is 1.94. The molecule has 22 nitrogen and oxygen atoms in total. The van der Waals surface area contributed by atoms with Crippen molar-refractivity contribution in [1.29, 1.82) is 0 Å². The zero-order chi connectivity index (χ0) is 65.9. The van der Waals surface area contributed by atoms with E-state index in [9.17, 15) is 0 Å². The summed E-state index contributed by atoms with van der Waals surface area (Å²) in [7, 11) is 1.63. The van der Waals surface area contributed by atoms with Crippen LogP contribution in [0.5, 0.6) is 0 Å². The van der Waals surface area contributed by atoms with Gasteiger partial charge in [-0.25, -0.2) is 0 Å². The summed E-state index contributed by atoms with van der Waals surface area (Å²) in [5.74, 6) is 0. The Bertz CT molecular complexity index is 1160. The zero-order valence-corrected chi connectivity index (χ0v) is 71.6. The van der Waals surface area contributed by atoms with Crippen LogP contribution in [0.1, 0.15) is 0 Å². The van der Waals surface area contributed by atoms with Gasteiger partial charge in [0, 0.05) is 133 Å². The predicted octanol–water partition coefficient (Wildman–Crippen LogP) is 10.5. The van der Waals surface area contributed by atoms with Crippen molar-refractivity contribution >= 4 is 111 Å². The third kappa shape index (κ3) is 100.0. The standard InChI is InChI=1S/C8H24O6Si3.C6H18O3Si2.2C4H12O2Si.4C4H12OSi.C3H10O2Si.C2H8O3Si/c1-9-15(5,6)13-17(8,12-4)14-16(7,10-2)11-3;1-7-10(3,4)9-11(5,6)8-2;2*1-5-7(3,4)6-2;6*1-5-6(2,3)4/h1-8H3;1-6H3;2*1-4H3;4*1-4H3;4H,1-3H3;3-4H,1-2H3. The summed E-state index contributed by atoms with van der Waals surface area (Å²) in [6.07, 6.45) is 0. The van der Waals surface area contributed by atoms with Gasteiger partial charge in [0.05, 0.1) is 0 Å². The van der Waals surface area contributed by atoms with Crippen LogP contribution < -0.4 is 0 Å². The summed E-state index contributed by atoms with van der Waals surface area (Å²) in [6, 6.07) is 0. The molecule has 0 aromatic carbocycles. The molecular formula is C43H132O22Si13. The van der Waals surface area contributed by atoms with E-state index in [-0.39, 0.29) is 0 Å². The average Bonchev–Trinajstić information content (AvgIpc) is 3.31. The highest BCUT2D eigenvalue weighted by atomic mass is 28.5. The molecule has 0 spiro atoms. The first-order valence-electron chi connectivity index (χ1n) is 25.2. The smallest absolute Gasteiger partial charge is 0.421 e. The second-order valence-electron chi connectivity index (χ2n) is 23.1. The highest BCUT2D eigenvalue weighted by Crippen LogP contribution is 2.22. The van der Waals surface area contributed by atoms with E-state index >= 15 is 0 Å².